The molecule has 0 bridgehead atoms. The van der Waals surface area contributed by atoms with E-state index in [1.165, 1.54) is 19.2 Å². The van der Waals surface area contributed by atoms with Gasteiger partial charge in [0.15, 0.2) is 5.11 Å². The van der Waals surface area contributed by atoms with E-state index in [1.54, 1.807) is 0 Å². The second-order valence-electron chi connectivity index (χ2n) is 7.15. The number of anilines is 1. The molecule has 0 spiro atoms. The Morgan fingerprint density at radius 1 is 1.06 bits per heavy atom. The lowest BCUT2D eigenvalue weighted by atomic mass is 9.92. The van der Waals surface area contributed by atoms with Crippen LogP contribution in [0.4, 0.5) is 18.9 Å². The summed E-state index contributed by atoms with van der Waals surface area (Å²) >= 11 is 5.33. The molecule has 1 atom stereocenters. The molecule has 1 heterocycles. The third-order valence-electron chi connectivity index (χ3n) is 5.33. The Morgan fingerprint density at radius 3 is 2.16 bits per heavy atom. The predicted octanol–water partition coefficient (Wildman–Crippen LogP) is 4.65. The number of rotatable bonds is 6. The third-order valence-corrected chi connectivity index (χ3v) is 5.55. The highest BCUT2D eigenvalue weighted by molar-refractivity contribution is 7.80. The average molecular weight is 464 g/mol. The van der Waals surface area contributed by atoms with Gasteiger partial charge in [-0.25, -0.2) is 4.79 Å². The number of benzene rings is 2. The van der Waals surface area contributed by atoms with E-state index in [2.05, 4.69) is 29.4 Å². The quantitative estimate of drug-likeness (QED) is 0.480. The lowest BCUT2D eigenvalue weighted by Crippen LogP contribution is -2.45. The molecular weight excluding hydrogens is 439 g/mol. The largest absolute Gasteiger partial charge is 0.466 e. The first-order valence-electron chi connectivity index (χ1n) is 10.1. The smallest absolute Gasteiger partial charge is 0.416 e. The standard InChI is InChI=1S/C23H24F3N3O2S/c1-4-29(5-2)17-12-8-15(9-13-17)20-18(21(30)31-3)19(27-22(32)28-20)14-6-10-16(11-7-14)23(24,25)26/h6-13,20H,4-5H2,1-3H3,(H2,27,28,32). The molecule has 0 aliphatic carbocycles. The highest BCUT2D eigenvalue weighted by Gasteiger charge is 2.34. The van der Waals surface area contributed by atoms with Crippen LogP contribution >= 0.6 is 12.2 Å². The number of alkyl halides is 3. The van der Waals surface area contributed by atoms with Gasteiger partial charge >= 0.3 is 12.1 Å². The number of carbonyl (C=O) groups excluding carboxylic acids is 1. The molecular formula is C23H24F3N3O2S. The van der Waals surface area contributed by atoms with Crippen LogP contribution in [0.1, 0.15) is 36.6 Å². The van der Waals surface area contributed by atoms with E-state index in [-0.39, 0.29) is 10.7 Å². The van der Waals surface area contributed by atoms with Gasteiger partial charge in [-0.05, 0) is 61.5 Å². The number of halogens is 3. The van der Waals surface area contributed by atoms with E-state index >= 15 is 0 Å². The molecule has 0 fully saturated rings. The van der Waals surface area contributed by atoms with Crippen molar-refractivity contribution in [3.8, 4) is 0 Å². The zero-order valence-electron chi connectivity index (χ0n) is 17.9. The fourth-order valence-electron chi connectivity index (χ4n) is 3.66. The predicted molar refractivity (Wildman–Crippen MR) is 122 cm³/mol. The van der Waals surface area contributed by atoms with E-state index in [4.69, 9.17) is 17.0 Å². The number of nitrogens with one attached hydrogen (secondary N) is 2. The summed E-state index contributed by atoms with van der Waals surface area (Å²) in [7, 11) is 1.26. The molecule has 9 heteroatoms. The number of thiocarbonyl (C=S) groups is 1. The molecule has 32 heavy (non-hydrogen) atoms. The van der Waals surface area contributed by atoms with Crippen LogP contribution in [-0.2, 0) is 15.7 Å². The number of hydrogen-bond donors (Lipinski definition) is 2. The van der Waals surface area contributed by atoms with Crippen molar-refractivity contribution < 1.29 is 22.7 Å². The monoisotopic (exact) mass is 463 g/mol. The van der Waals surface area contributed by atoms with Gasteiger partial charge in [-0.15, -0.1) is 0 Å². The van der Waals surface area contributed by atoms with Crippen molar-refractivity contribution in [1.29, 1.82) is 0 Å². The van der Waals surface area contributed by atoms with E-state index < -0.39 is 23.8 Å². The lowest BCUT2D eigenvalue weighted by Gasteiger charge is -2.31. The molecule has 1 unspecified atom stereocenters. The first-order valence-corrected chi connectivity index (χ1v) is 10.5. The molecule has 5 nitrogen and oxygen atoms in total. The summed E-state index contributed by atoms with van der Waals surface area (Å²) in [5.41, 5.74) is 1.98. The Balaban J connectivity index is 2.08. The third kappa shape index (κ3) is 4.88. The van der Waals surface area contributed by atoms with Gasteiger partial charge in [0.1, 0.15) is 0 Å². The molecule has 0 radical (unpaired) electrons. The molecule has 0 amide bonds. The summed E-state index contributed by atoms with van der Waals surface area (Å²) in [6.45, 7) is 5.85. The Kier molecular flexibility index (Phi) is 7.08. The molecule has 2 N–H and O–H groups in total. The van der Waals surface area contributed by atoms with E-state index in [9.17, 15) is 18.0 Å². The van der Waals surface area contributed by atoms with Gasteiger partial charge in [-0.1, -0.05) is 24.3 Å². The Labute approximate surface area is 190 Å². The minimum atomic E-state index is -4.45. The van der Waals surface area contributed by atoms with Gasteiger partial charge in [-0.2, -0.15) is 13.2 Å². The van der Waals surface area contributed by atoms with E-state index in [1.807, 2.05) is 24.3 Å². The van der Waals surface area contributed by atoms with Crippen LogP contribution in [0.2, 0.25) is 0 Å². The van der Waals surface area contributed by atoms with Crippen LogP contribution in [0.5, 0.6) is 0 Å². The first kappa shape index (κ1) is 23.6. The van der Waals surface area contributed by atoms with Crippen molar-refractivity contribution in [1.82, 2.24) is 10.6 Å². The van der Waals surface area contributed by atoms with Crippen molar-refractivity contribution in [3.05, 3.63) is 70.8 Å². The molecule has 2 aromatic carbocycles. The maximum absolute atomic E-state index is 13.0. The molecule has 1 aliphatic rings. The number of ether oxygens (including phenoxy) is 1. The van der Waals surface area contributed by atoms with Crippen LogP contribution in [0.25, 0.3) is 5.70 Å². The minimum Gasteiger partial charge on any atom is -0.466 e. The fraction of sp³-hybridized carbons (Fsp3) is 0.304. The summed E-state index contributed by atoms with van der Waals surface area (Å²) in [4.78, 5) is 14.9. The van der Waals surface area contributed by atoms with Crippen molar-refractivity contribution >= 4 is 34.7 Å². The van der Waals surface area contributed by atoms with Crippen LogP contribution in [-0.4, -0.2) is 31.3 Å². The molecule has 0 saturated carbocycles. The van der Waals surface area contributed by atoms with Crippen molar-refractivity contribution in [2.45, 2.75) is 26.1 Å². The van der Waals surface area contributed by atoms with Crippen molar-refractivity contribution in [3.63, 3.8) is 0 Å². The Bertz CT molecular complexity index is 1010. The van der Waals surface area contributed by atoms with Crippen molar-refractivity contribution in [2.75, 3.05) is 25.1 Å². The Hall–Kier alpha value is -3.07. The normalized spacial score (nSPS) is 16.3. The molecule has 0 aromatic heterocycles. The highest BCUT2D eigenvalue weighted by Crippen LogP contribution is 2.34. The zero-order chi connectivity index (χ0) is 23.5. The van der Waals surface area contributed by atoms with Crippen LogP contribution in [0.3, 0.4) is 0 Å². The van der Waals surface area contributed by atoms with Gasteiger partial charge in [0.25, 0.3) is 0 Å². The number of esters is 1. The average Bonchev–Trinajstić information content (AvgIpc) is 2.79. The van der Waals surface area contributed by atoms with E-state index in [0.717, 1.165) is 36.5 Å². The lowest BCUT2D eigenvalue weighted by molar-refractivity contribution is -0.138. The number of carbonyl (C=O) groups is 1. The number of hydrogen-bond acceptors (Lipinski definition) is 4. The topological polar surface area (TPSA) is 53.6 Å². The van der Waals surface area contributed by atoms with Crippen LogP contribution in [0, 0.1) is 0 Å². The summed E-state index contributed by atoms with van der Waals surface area (Å²) in [6, 6.07) is 11.6. The molecule has 1 aliphatic heterocycles. The van der Waals surface area contributed by atoms with Gasteiger partial charge in [-0.3, -0.25) is 0 Å². The van der Waals surface area contributed by atoms with Gasteiger partial charge < -0.3 is 20.3 Å². The first-order chi connectivity index (χ1) is 15.2. The van der Waals surface area contributed by atoms with Gasteiger partial charge in [0.2, 0.25) is 0 Å². The number of methoxy groups -OCH3 is 1. The molecule has 3 rings (SSSR count). The van der Waals surface area contributed by atoms with Gasteiger partial charge in [0.05, 0.1) is 30.0 Å². The highest BCUT2D eigenvalue weighted by atomic mass is 32.1. The maximum atomic E-state index is 13.0. The van der Waals surface area contributed by atoms with Crippen molar-refractivity contribution in [2.24, 2.45) is 0 Å². The molecule has 170 valence electrons. The Morgan fingerprint density at radius 2 is 1.66 bits per heavy atom. The second-order valence-corrected chi connectivity index (χ2v) is 7.56. The van der Waals surface area contributed by atoms with Crippen LogP contribution in [0.15, 0.2) is 54.1 Å². The van der Waals surface area contributed by atoms with Gasteiger partial charge in [0, 0.05) is 18.8 Å². The summed E-state index contributed by atoms with van der Waals surface area (Å²) in [5.74, 6) is -0.611. The van der Waals surface area contributed by atoms with E-state index in [0.29, 0.717) is 11.3 Å². The minimum absolute atomic E-state index is 0.233. The summed E-state index contributed by atoms with van der Waals surface area (Å²) < 4.78 is 43.9. The molecule has 2 aromatic rings. The zero-order valence-corrected chi connectivity index (χ0v) is 18.7. The fourth-order valence-corrected chi connectivity index (χ4v) is 3.88. The van der Waals surface area contributed by atoms with Crippen LogP contribution < -0.4 is 15.5 Å². The second kappa shape index (κ2) is 9.60. The summed E-state index contributed by atoms with van der Waals surface area (Å²) in [6.07, 6.45) is -4.45. The number of nitrogens with zero attached hydrogens (tertiary/aromatic N) is 1. The molecule has 0 saturated heterocycles. The summed E-state index contributed by atoms with van der Waals surface area (Å²) in [5, 5.41) is 6.25. The maximum Gasteiger partial charge on any atom is 0.416 e. The SMILES string of the molecule is CCN(CC)c1ccc(C2NC(=S)NC(c3ccc(C(F)(F)F)cc3)=C2C(=O)OC)cc1.